The van der Waals surface area contributed by atoms with Crippen molar-refractivity contribution in [3.63, 3.8) is 0 Å². The lowest BCUT2D eigenvalue weighted by Gasteiger charge is -2.29. The molecule has 0 spiro atoms. The fourth-order valence-corrected chi connectivity index (χ4v) is 2.38. The Bertz CT molecular complexity index is 454. The number of rotatable bonds is 2. The maximum absolute atomic E-state index is 12.1. The van der Waals surface area contributed by atoms with Gasteiger partial charge in [0.25, 0.3) is 0 Å². The SMILES string of the molecule is Nc1ccc2c(c1)CCCN2C(=O)CN1CC1. The summed E-state index contributed by atoms with van der Waals surface area (Å²) in [5, 5.41) is 0. The first kappa shape index (κ1) is 10.6. The van der Waals surface area contributed by atoms with Crippen LogP contribution in [0.4, 0.5) is 11.4 Å². The fourth-order valence-electron chi connectivity index (χ4n) is 2.38. The molecular formula is C13H17N3O. The Morgan fingerprint density at radius 3 is 2.88 bits per heavy atom. The Kier molecular flexibility index (Phi) is 2.52. The molecule has 1 saturated heterocycles. The number of hydrogen-bond acceptors (Lipinski definition) is 3. The Hall–Kier alpha value is -1.55. The normalized spacial score (nSPS) is 18.9. The summed E-state index contributed by atoms with van der Waals surface area (Å²) < 4.78 is 0. The quantitative estimate of drug-likeness (QED) is 0.607. The number of nitrogen functional groups attached to an aromatic ring is 1. The monoisotopic (exact) mass is 231 g/mol. The number of benzene rings is 1. The van der Waals surface area contributed by atoms with Crippen molar-refractivity contribution >= 4 is 17.3 Å². The van der Waals surface area contributed by atoms with Gasteiger partial charge in [-0.3, -0.25) is 9.69 Å². The van der Waals surface area contributed by atoms with Crippen LogP contribution in [0.2, 0.25) is 0 Å². The zero-order chi connectivity index (χ0) is 11.8. The lowest BCUT2D eigenvalue weighted by molar-refractivity contribution is -0.118. The van der Waals surface area contributed by atoms with Gasteiger partial charge < -0.3 is 10.6 Å². The number of hydrogen-bond donors (Lipinski definition) is 1. The standard InChI is InChI=1S/C13H17N3O/c14-11-3-4-12-10(8-11)2-1-5-16(12)13(17)9-15-6-7-15/h3-4,8H,1-2,5-7,9,14H2. The minimum atomic E-state index is 0.216. The Morgan fingerprint density at radius 1 is 1.29 bits per heavy atom. The minimum Gasteiger partial charge on any atom is -0.399 e. The Labute approximate surface area is 101 Å². The molecule has 1 amide bonds. The maximum Gasteiger partial charge on any atom is 0.241 e. The van der Waals surface area contributed by atoms with E-state index in [1.807, 2.05) is 23.1 Å². The van der Waals surface area contributed by atoms with E-state index in [2.05, 4.69) is 4.90 Å². The van der Waals surface area contributed by atoms with Crippen molar-refractivity contribution in [3.8, 4) is 0 Å². The highest BCUT2D eigenvalue weighted by Gasteiger charge is 2.27. The molecule has 3 rings (SSSR count). The molecule has 17 heavy (non-hydrogen) atoms. The highest BCUT2D eigenvalue weighted by atomic mass is 16.2. The van der Waals surface area contributed by atoms with Gasteiger partial charge in [0.1, 0.15) is 0 Å². The summed E-state index contributed by atoms with van der Waals surface area (Å²) in [6.07, 6.45) is 2.05. The molecule has 2 aliphatic heterocycles. The topological polar surface area (TPSA) is 49.3 Å². The van der Waals surface area contributed by atoms with Crippen molar-refractivity contribution in [2.75, 3.05) is 36.8 Å². The van der Waals surface area contributed by atoms with Crippen LogP contribution in [0, 0.1) is 0 Å². The summed E-state index contributed by atoms with van der Waals surface area (Å²) in [5.41, 5.74) is 8.82. The third kappa shape index (κ3) is 2.13. The molecule has 4 nitrogen and oxygen atoms in total. The van der Waals surface area contributed by atoms with Crippen molar-refractivity contribution < 1.29 is 4.79 Å². The van der Waals surface area contributed by atoms with Gasteiger partial charge in [0, 0.05) is 31.0 Å². The summed E-state index contributed by atoms with van der Waals surface area (Å²) >= 11 is 0. The first-order valence-electron chi connectivity index (χ1n) is 6.15. The van der Waals surface area contributed by atoms with E-state index in [1.54, 1.807) is 0 Å². The Morgan fingerprint density at radius 2 is 2.12 bits per heavy atom. The van der Waals surface area contributed by atoms with E-state index < -0.39 is 0 Å². The van der Waals surface area contributed by atoms with Gasteiger partial charge in [-0.1, -0.05) is 0 Å². The van der Waals surface area contributed by atoms with Crippen molar-refractivity contribution in [1.82, 2.24) is 4.90 Å². The number of aryl methyl sites for hydroxylation is 1. The van der Waals surface area contributed by atoms with Gasteiger partial charge in [0.05, 0.1) is 6.54 Å². The number of amides is 1. The number of fused-ring (bicyclic) bond motifs is 1. The van der Waals surface area contributed by atoms with E-state index in [0.717, 1.165) is 43.9 Å². The van der Waals surface area contributed by atoms with Crippen LogP contribution < -0.4 is 10.6 Å². The van der Waals surface area contributed by atoms with E-state index in [9.17, 15) is 4.79 Å². The molecule has 2 N–H and O–H groups in total. The third-order valence-corrected chi connectivity index (χ3v) is 3.42. The van der Waals surface area contributed by atoms with E-state index in [4.69, 9.17) is 5.73 Å². The molecule has 2 heterocycles. The van der Waals surface area contributed by atoms with Crippen LogP contribution in [0.3, 0.4) is 0 Å². The lowest BCUT2D eigenvalue weighted by Crippen LogP contribution is -2.39. The number of nitrogens with two attached hydrogens (primary N) is 1. The van der Waals surface area contributed by atoms with Crippen LogP contribution >= 0.6 is 0 Å². The summed E-state index contributed by atoms with van der Waals surface area (Å²) in [6.45, 7) is 3.52. The zero-order valence-corrected chi connectivity index (χ0v) is 9.85. The average molecular weight is 231 g/mol. The highest BCUT2D eigenvalue weighted by Crippen LogP contribution is 2.29. The number of carbonyl (C=O) groups is 1. The van der Waals surface area contributed by atoms with Gasteiger partial charge >= 0.3 is 0 Å². The van der Waals surface area contributed by atoms with Gasteiger partial charge in [0.15, 0.2) is 0 Å². The van der Waals surface area contributed by atoms with E-state index >= 15 is 0 Å². The van der Waals surface area contributed by atoms with Gasteiger partial charge in [-0.25, -0.2) is 0 Å². The summed E-state index contributed by atoms with van der Waals surface area (Å²) in [7, 11) is 0. The molecule has 0 aromatic heterocycles. The molecule has 0 unspecified atom stereocenters. The molecule has 0 bridgehead atoms. The second-order valence-electron chi connectivity index (χ2n) is 4.81. The van der Waals surface area contributed by atoms with E-state index in [0.29, 0.717) is 6.54 Å². The summed E-state index contributed by atoms with van der Waals surface area (Å²) in [6, 6.07) is 5.85. The minimum absolute atomic E-state index is 0.216. The zero-order valence-electron chi connectivity index (χ0n) is 9.85. The first-order valence-corrected chi connectivity index (χ1v) is 6.15. The smallest absolute Gasteiger partial charge is 0.241 e. The van der Waals surface area contributed by atoms with Crippen LogP contribution in [-0.4, -0.2) is 37.0 Å². The van der Waals surface area contributed by atoms with Crippen LogP contribution in [0.25, 0.3) is 0 Å². The Balaban J connectivity index is 1.85. The van der Waals surface area contributed by atoms with Gasteiger partial charge in [-0.05, 0) is 36.6 Å². The molecule has 0 atom stereocenters. The summed E-state index contributed by atoms with van der Waals surface area (Å²) in [4.78, 5) is 16.2. The van der Waals surface area contributed by atoms with Gasteiger partial charge in [0.2, 0.25) is 5.91 Å². The predicted octanol–water partition coefficient (Wildman–Crippen LogP) is 0.864. The van der Waals surface area contributed by atoms with Crippen molar-refractivity contribution in [2.45, 2.75) is 12.8 Å². The second-order valence-corrected chi connectivity index (χ2v) is 4.81. The maximum atomic E-state index is 12.1. The summed E-state index contributed by atoms with van der Waals surface area (Å²) in [5.74, 6) is 0.216. The first-order chi connectivity index (χ1) is 8.24. The second kappa shape index (κ2) is 4.04. The van der Waals surface area contributed by atoms with Crippen molar-refractivity contribution in [2.24, 2.45) is 0 Å². The number of anilines is 2. The number of nitrogens with zero attached hydrogens (tertiary/aromatic N) is 2. The average Bonchev–Trinajstić information content (AvgIpc) is 3.11. The lowest BCUT2D eigenvalue weighted by atomic mass is 10.0. The fraction of sp³-hybridized carbons (Fsp3) is 0.462. The predicted molar refractivity (Wildman–Crippen MR) is 68.0 cm³/mol. The molecular weight excluding hydrogens is 214 g/mol. The molecule has 0 radical (unpaired) electrons. The van der Waals surface area contributed by atoms with Crippen LogP contribution in [0.5, 0.6) is 0 Å². The van der Waals surface area contributed by atoms with Gasteiger partial charge in [-0.15, -0.1) is 0 Å². The van der Waals surface area contributed by atoms with Crippen LogP contribution in [-0.2, 0) is 11.2 Å². The van der Waals surface area contributed by atoms with Crippen LogP contribution in [0.15, 0.2) is 18.2 Å². The molecule has 0 saturated carbocycles. The van der Waals surface area contributed by atoms with Crippen molar-refractivity contribution in [1.29, 1.82) is 0 Å². The molecule has 1 fully saturated rings. The molecule has 1 aromatic rings. The third-order valence-electron chi connectivity index (χ3n) is 3.42. The number of carbonyl (C=O) groups excluding carboxylic acids is 1. The molecule has 4 heteroatoms. The highest BCUT2D eigenvalue weighted by molar-refractivity contribution is 5.96. The van der Waals surface area contributed by atoms with E-state index in [1.165, 1.54) is 5.56 Å². The largest absolute Gasteiger partial charge is 0.399 e. The molecule has 90 valence electrons. The van der Waals surface area contributed by atoms with Crippen molar-refractivity contribution in [3.05, 3.63) is 23.8 Å². The van der Waals surface area contributed by atoms with E-state index in [-0.39, 0.29) is 5.91 Å². The molecule has 2 aliphatic rings. The molecule has 1 aromatic carbocycles. The van der Waals surface area contributed by atoms with Crippen LogP contribution in [0.1, 0.15) is 12.0 Å². The molecule has 0 aliphatic carbocycles. The van der Waals surface area contributed by atoms with Gasteiger partial charge in [-0.2, -0.15) is 0 Å².